The summed E-state index contributed by atoms with van der Waals surface area (Å²) in [5.41, 5.74) is 2.70. The molecule has 34 heavy (non-hydrogen) atoms. The van der Waals surface area contributed by atoms with Crippen LogP contribution in [0.2, 0.25) is 0 Å². The van der Waals surface area contributed by atoms with Crippen LogP contribution in [-0.4, -0.2) is 0 Å². The molecule has 0 unspecified atom stereocenters. The number of nitrogens with zero attached hydrogens (tertiary/aromatic N) is 4. The molecule has 0 fully saturated rings. The topological polar surface area (TPSA) is 95.2 Å². The van der Waals surface area contributed by atoms with Crippen molar-refractivity contribution in [2.75, 3.05) is 0 Å². The van der Waals surface area contributed by atoms with Crippen LogP contribution in [0.15, 0.2) is 72.8 Å². The van der Waals surface area contributed by atoms with Crippen molar-refractivity contribution in [3.8, 4) is 57.7 Å². The highest BCUT2D eigenvalue weighted by atomic mass is 19.1. The summed E-state index contributed by atoms with van der Waals surface area (Å²) < 4.78 is 28.7. The van der Waals surface area contributed by atoms with Crippen LogP contribution in [0, 0.1) is 57.0 Å². The maximum absolute atomic E-state index is 14.3. The lowest BCUT2D eigenvalue weighted by atomic mass is 9.88. The molecule has 0 atom stereocenters. The van der Waals surface area contributed by atoms with Crippen molar-refractivity contribution in [1.29, 1.82) is 21.0 Å². The normalized spacial score (nSPS) is 9.94. The molecule has 0 N–H and O–H groups in total. The number of benzene rings is 4. The Morgan fingerprint density at radius 1 is 0.441 bits per heavy atom. The Kier molecular flexibility index (Phi) is 5.84. The van der Waals surface area contributed by atoms with E-state index >= 15 is 0 Å². The summed E-state index contributed by atoms with van der Waals surface area (Å²) in [6.07, 6.45) is 0. The highest BCUT2D eigenvalue weighted by Gasteiger charge is 2.18. The summed E-state index contributed by atoms with van der Waals surface area (Å²) in [5, 5.41) is 37.3. The first-order valence-electron chi connectivity index (χ1n) is 9.99. The Morgan fingerprint density at radius 3 is 0.971 bits per heavy atom. The number of hydrogen-bond donors (Lipinski definition) is 0. The van der Waals surface area contributed by atoms with Gasteiger partial charge in [0, 0.05) is 0 Å². The van der Waals surface area contributed by atoms with Crippen LogP contribution >= 0.6 is 0 Å². The lowest BCUT2D eigenvalue weighted by Crippen LogP contribution is -1.95. The maximum atomic E-state index is 14.3. The van der Waals surface area contributed by atoms with Gasteiger partial charge in [-0.05, 0) is 57.6 Å². The number of nitriles is 4. The second kappa shape index (κ2) is 9.05. The second-order valence-electron chi connectivity index (χ2n) is 7.31. The van der Waals surface area contributed by atoms with E-state index in [2.05, 4.69) is 0 Å². The summed E-state index contributed by atoms with van der Waals surface area (Å²) in [7, 11) is 0. The van der Waals surface area contributed by atoms with E-state index in [0.29, 0.717) is 33.4 Å². The van der Waals surface area contributed by atoms with Crippen molar-refractivity contribution in [2.45, 2.75) is 0 Å². The van der Waals surface area contributed by atoms with Gasteiger partial charge in [-0.3, -0.25) is 0 Å². The Hall–Kier alpha value is -5.30. The van der Waals surface area contributed by atoms with Crippen LogP contribution in [0.25, 0.3) is 33.4 Å². The third-order valence-electron chi connectivity index (χ3n) is 5.39. The first-order chi connectivity index (χ1) is 16.5. The van der Waals surface area contributed by atoms with Crippen LogP contribution in [-0.2, 0) is 0 Å². The monoisotopic (exact) mass is 442 g/mol. The van der Waals surface area contributed by atoms with E-state index in [-0.39, 0.29) is 22.3 Å². The fourth-order valence-electron chi connectivity index (χ4n) is 3.82. The minimum atomic E-state index is -0.869. The van der Waals surface area contributed by atoms with Gasteiger partial charge in [0.1, 0.15) is 24.3 Å². The summed E-state index contributed by atoms with van der Waals surface area (Å²) in [5.74, 6) is -1.74. The van der Waals surface area contributed by atoms with Gasteiger partial charge in [-0.1, -0.05) is 48.5 Å². The first-order valence-corrected chi connectivity index (χ1v) is 9.99. The molecular formula is C28H12F2N4. The number of rotatable bonds is 3. The first kappa shape index (κ1) is 21.9. The van der Waals surface area contributed by atoms with Gasteiger partial charge in [-0.2, -0.15) is 21.0 Å². The van der Waals surface area contributed by atoms with Gasteiger partial charge in [-0.15, -0.1) is 0 Å². The average molecular weight is 442 g/mol. The molecule has 0 bridgehead atoms. The van der Waals surface area contributed by atoms with Gasteiger partial charge in [-0.25, -0.2) is 8.78 Å². The zero-order chi connectivity index (χ0) is 24.2. The van der Waals surface area contributed by atoms with E-state index in [9.17, 15) is 29.8 Å². The molecule has 4 aromatic rings. The zero-order valence-corrected chi connectivity index (χ0v) is 17.5. The maximum Gasteiger partial charge on any atom is 0.158 e. The molecule has 4 rings (SSSR count). The Labute approximate surface area is 194 Å². The number of hydrogen-bond acceptors (Lipinski definition) is 4. The zero-order valence-electron chi connectivity index (χ0n) is 17.5. The predicted molar refractivity (Wildman–Crippen MR) is 122 cm³/mol. The summed E-state index contributed by atoms with van der Waals surface area (Å²) in [6.45, 7) is 0. The second-order valence-corrected chi connectivity index (χ2v) is 7.31. The van der Waals surface area contributed by atoms with Crippen LogP contribution in [0.4, 0.5) is 8.78 Å². The van der Waals surface area contributed by atoms with Gasteiger partial charge in [0.15, 0.2) is 11.6 Å². The fourth-order valence-corrected chi connectivity index (χ4v) is 3.82. The van der Waals surface area contributed by atoms with Crippen molar-refractivity contribution >= 4 is 0 Å². The van der Waals surface area contributed by atoms with E-state index in [1.165, 1.54) is 24.3 Å². The minimum absolute atomic E-state index is 0.243. The molecule has 0 aliphatic carbocycles. The summed E-state index contributed by atoms with van der Waals surface area (Å²) in [4.78, 5) is 0. The van der Waals surface area contributed by atoms with Crippen LogP contribution in [0.3, 0.4) is 0 Å². The third-order valence-corrected chi connectivity index (χ3v) is 5.39. The Balaban J connectivity index is 1.99. The molecule has 0 saturated heterocycles. The molecule has 4 nitrogen and oxygen atoms in total. The molecule has 0 radical (unpaired) electrons. The van der Waals surface area contributed by atoms with Gasteiger partial charge >= 0.3 is 0 Å². The quantitative estimate of drug-likeness (QED) is 0.364. The molecule has 0 aromatic heterocycles. The molecule has 0 aliphatic heterocycles. The molecule has 0 saturated carbocycles. The molecule has 4 aromatic carbocycles. The lowest BCUT2D eigenvalue weighted by molar-refractivity contribution is 0.620. The number of halogens is 2. The average Bonchev–Trinajstić information content (AvgIpc) is 2.89. The summed E-state index contributed by atoms with van der Waals surface area (Å²) in [6, 6.07) is 27.1. The van der Waals surface area contributed by atoms with Gasteiger partial charge in [0.25, 0.3) is 0 Å². The van der Waals surface area contributed by atoms with Gasteiger partial charge < -0.3 is 0 Å². The van der Waals surface area contributed by atoms with Crippen molar-refractivity contribution in [1.82, 2.24) is 0 Å². The van der Waals surface area contributed by atoms with Crippen LogP contribution < -0.4 is 0 Å². The highest BCUT2D eigenvalue weighted by Crippen LogP contribution is 2.39. The van der Waals surface area contributed by atoms with E-state index in [1.54, 1.807) is 48.5 Å². The molecule has 158 valence electrons. The van der Waals surface area contributed by atoms with E-state index in [1.807, 2.05) is 24.3 Å². The minimum Gasteiger partial charge on any atom is -0.204 e. The lowest BCUT2D eigenvalue weighted by Gasteiger charge is -2.16. The molecule has 0 spiro atoms. The standard InChI is InChI=1S/C28H12F2N4/c29-27-19(13-31)9-17(10-20(27)14-32)23-5-1-3-7-25(23)26-8-4-2-6-24(26)18-11-21(15-33)28(30)22(12-18)16-34/h1-12H. The molecule has 0 amide bonds. The predicted octanol–water partition coefficient (Wildman–Crippen LogP) is 6.45. The highest BCUT2D eigenvalue weighted by molar-refractivity contribution is 5.92. The smallest absolute Gasteiger partial charge is 0.158 e. The molecular weight excluding hydrogens is 430 g/mol. The van der Waals surface area contributed by atoms with E-state index in [4.69, 9.17) is 0 Å². The third kappa shape index (κ3) is 3.74. The summed E-state index contributed by atoms with van der Waals surface area (Å²) >= 11 is 0. The Bertz CT molecular complexity index is 1430. The van der Waals surface area contributed by atoms with Crippen molar-refractivity contribution < 1.29 is 8.78 Å². The SMILES string of the molecule is N#Cc1cc(-c2ccccc2-c2ccccc2-c2cc(C#N)c(F)c(C#N)c2)cc(C#N)c1F. The van der Waals surface area contributed by atoms with E-state index in [0.717, 1.165) is 0 Å². The molecule has 0 aliphatic rings. The fraction of sp³-hybridized carbons (Fsp3) is 0. The van der Waals surface area contributed by atoms with Gasteiger partial charge in [0.2, 0.25) is 0 Å². The van der Waals surface area contributed by atoms with Crippen LogP contribution in [0.1, 0.15) is 22.3 Å². The van der Waals surface area contributed by atoms with Crippen molar-refractivity contribution in [2.24, 2.45) is 0 Å². The van der Waals surface area contributed by atoms with Gasteiger partial charge in [0.05, 0.1) is 22.3 Å². The molecule has 0 heterocycles. The van der Waals surface area contributed by atoms with E-state index < -0.39 is 11.6 Å². The van der Waals surface area contributed by atoms with Crippen molar-refractivity contribution in [3.05, 3.63) is 107 Å². The largest absolute Gasteiger partial charge is 0.204 e. The van der Waals surface area contributed by atoms with Crippen LogP contribution in [0.5, 0.6) is 0 Å². The Morgan fingerprint density at radius 2 is 0.706 bits per heavy atom. The van der Waals surface area contributed by atoms with Crippen molar-refractivity contribution in [3.63, 3.8) is 0 Å². The molecule has 6 heteroatoms.